The number of allylic oxidation sites excluding steroid dienone is 4. The Morgan fingerprint density at radius 3 is 2.25 bits per heavy atom. The van der Waals surface area contributed by atoms with Crippen LogP contribution in [0.5, 0.6) is 0 Å². The van der Waals surface area contributed by atoms with E-state index >= 15 is 0 Å². The van der Waals surface area contributed by atoms with E-state index in [9.17, 15) is 0 Å². The molecule has 0 spiro atoms. The van der Waals surface area contributed by atoms with Crippen LogP contribution in [-0.2, 0) is 26.2 Å². The molecule has 44 valence electrons. The van der Waals surface area contributed by atoms with Crippen LogP contribution in [0.15, 0.2) is 23.8 Å². The average Bonchev–Trinajstić information content (AvgIpc) is 1.86. The molecule has 8 heavy (non-hydrogen) atoms. The van der Waals surface area contributed by atoms with E-state index in [0.717, 1.165) is 6.42 Å². The summed E-state index contributed by atoms with van der Waals surface area (Å²) in [6, 6.07) is 0. The molecule has 0 N–H and O–H groups in total. The monoisotopic (exact) mass is 205 g/mol. The largest absolute Gasteiger partial charge is 0.241 e. The quantitative estimate of drug-likeness (QED) is 0.533. The predicted molar refractivity (Wildman–Crippen MR) is 34.4 cm³/mol. The molecule has 0 fully saturated rings. The number of halogens is 1. The maximum atomic E-state index is 3.74. The fraction of sp³-hybridized carbons (Fsp3) is 0.167. The maximum Gasteiger partial charge on any atom is 0 e. The van der Waals surface area contributed by atoms with E-state index in [1.54, 1.807) is 0 Å². The molecule has 0 saturated carbocycles. The van der Waals surface area contributed by atoms with E-state index in [0.29, 0.717) is 0 Å². The van der Waals surface area contributed by atoms with Gasteiger partial charge >= 0.3 is 0 Å². The number of hydrogen-bond acceptors (Lipinski definition) is 0. The second-order valence-electron chi connectivity index (χ2n) is 1.46. The molecule has 0 amide bonds. The van der Waals surface area contributed by atoms with Gasteiger partial charge < -0.3 is 0 Å². The predicted octanol–water partition coefficient (Wildman–Crippen LogP) is 2.13. The molecular formula is C6H8ClZr-. The molecule has 0 nitrogen and oxygen atoms in total. The number of hydrogen-bond donors (Lipinski definition) is 0. The first-order chi connectivity index (χ1) is 2.89. The summed E-state index contributed by atoms with van der Waals surface area (Å²) in [4.78, 5) is 0. The topological polar surface area (TPSA) is 0 Å². The summed E-state index contributed by atoms with van der Waals surface area (Å²) < 4.78 is 0. The van der Waals surface area contributed by atoms with E-state index in [1.165, 1.54) is 5.57 Å². The maximum absolute atomic E-state index is 3.74. The molecule has 0 saturated heterocycles. The fourth-order valence-corrected chi connectivity index (χ4v) is 0.492. The summed E-state index contributed by atoms with van der Waals surface area (Å²) in [6.07, 6.45) is 7.21. The summed E-state index contributed by atoms with van der Waals surface area (Å²) in [5.74, 6) is 0. The first-order valence-corrected chi connectivity index (χ1v) is 2.07. The molecule has 0 aromatic rings. The molecule has 0 aliphatic heterocycles. The van der Waals surface area contributed by atoms with Crippen molar-refractivity contribution in [3.63, 3.8) is 0 Å². The fourth-order valence-electron chi connectivity index (χ4n) is 0.492. The zero-order valence-corrected chi connectivity index (χ0v) is 7.83. The molecule has 0 aromatic heterocycles. The normalized spacial score (nSPS) is 13.8. The van der Waals surface area contributed by atoms with Crippen LogP contribution in [0.1, 0.15) is 6.42 Å². The van der Waals surface area contributed by atoms with Crippen LogP contribution in [0.25, 0.3) is 0 Å². The molecular weight excluding hydrogens is 199 g/mol. The molecule has 0 bridgehead atoms. The van der Waals surface area contributed by atoms with E-state index in [-0.39, 0.29) is 38.6 Å². The van der Waals surface area contributed by atoms with Gasteiger partial charge in [0.25, 0.3) is 0 Å². The van der Waals surface area contributed by atoms with Gasteiger partial charge in [-0.05, 0) is 6.42 Å². The van der Waals surface area contributed by atoms with Crippen molar-refractivity contribution in [2.75, 3.05) is 0 Å². The van der Waals surface area contributed by atoms with Gasteiger partial charge in [-0.15, -0.1) is 24.6 Å². The SMILES string of the molecule is Cl.[CH2-]C1=CC=CC1.[Zr]. The molecule has 0 atom stereocenters. The Bertz CT molecular complexity index is 105. The molecule has 0 heterocycles. The molecule has 0 radical (unpaired) electrons. The Hall–Kier alpha value is 0.523. The van der Waals surface area contributed by atoms with Crippen LogP contribution >= 0.6 is 12.4 Å². The number of rotatable bonds is 0. The van der Waals surface area contributed by atoms with E-state index in [1.807, 2.05) is 12.2 Å². The van der Waals surface area contributed by atoms with Crippen LogP contribution in [0.3, 0.4) is 0 Å². The van der Waals surface area contributed by atoms with Crippen LogP contribution in [-0.4, -0.2) is 0 Å². The van der Waals surface area contributed by atoms with Crippen LogP contribution in [0, 0.1) is 6.92 Å². The van der Waals surface area contributed by atoms with Crippen molar-refractivity contribution in [2.24, 2.45) is 0 Å². The van der Waals surface area contributed by atoms with Crippen molar-refractivity contribution < 1.29 is 26.2 Å². The first kappa shape index (κ1) is 11.3. The van der Waals surface area contributed by atoms with Gasteiger partial charge in [0.15, 0.2) is 0 Å². The van der Waals surface area contributed by atoms with Gasteiger partial charge in [-0.3, -0.25) is 0 Å². The van der Waals surface area contributed by atoms with E-state index < -0.39 is 0 Å². The molecule has 1 aliphatic carbocycles. The summed E-state index contributed by atoms with van der Waals surface area (Å²) in [5.41, 5.74) is 1.22. The molecule has 1 aliphatic rings. The zero-order valence-electron chi connectivity index (χ0n) is 4.55. The van der Waals surface area contributed by atoms with Crippen LogP contribution in [0.2, 0.25) is 0 Å². The third-order valence-electron chi connectivity index (χ3n) is 0.848. The van der Waals surface area contributed by atoms with Gasteiger partial charge in [0.1, 0.15) is 0 Å². The second kappa shape index (κ2) is 5.66. The summed E-state index contributed by atoms with van der Waals surface area (Å²) in [6.45, 7) is 3.74. The van der Waals surface area contributed by atoms with Crippen LogP contribution < -0.4 is 0 Å². The minimum atomic E-state index is 0. The Labute approximate surface area is 75.6 Å². The van der Waals surface area contributed by atoms with Crippen molar-refractivity contribution in [3.05, 3.63) is 30.7 Å². The summed E-state index contributed by atoms with van der Waals surface area (Å²) in [7, 11) is 0. The van der Waals surface area contributed by atoms with Crippen molar-refractivity contribution >= 4 is 12.4 Å². The van der Waals surface area contributed by atoms with Crippen molar-refractivity contribution in [1.82, 2.24) is 0 Å². The Balaban J connectivity index is 0. The molecule has 2 heteroatoms. The van der Waals surface area contributed by atoms with E-state index in [4.69, 9.17) is 0 Å². The molecule has 0 aromatic carbocycles. The minimum absolute atomic E-state index is 0. The first-order valence-electron chi connectivity index (χ1n) is 2.07. The average molecular weight is 207 g/mol. The Kier molecular flexibility index (Phi) is 8.02. The second-order valence-corrected chi connectivity index (χ2v) is 1.46. The van der Waals surface area contributed by atoms with Gasteiger partial charge in [0.2, 0.25) is 0 Å². The van der Waals surface area contributed by atoms with Gasteiger partial charge in [-0.1, -0.05) is 0 Å². The summed E-state index contributed by atoms with van der Waals surface area (Å²) >= 11 is 0. The van der Waals surface area contributed by atoms with Gasteiger partial charge in [0.05, 0.1) is 0 Å². The van der Waals surface area contributed by atoms with Gasteiger partial charge in [0, 0.05) is 26.2 Å². The zero-order chi connectivity index (χ0) is 4.41. The molecule has 0 unspecified atom stereocenters. The van der Waals surface area contributed by atoms with Crippen molar-refractivity contribution in [3.8, 4) is 0 Å². The third-order valence-corrected chi connectivity index (χ3v) is 0.848. The molecule has 1 rings (SSSR count). The Morgan fingerprint density at radius 2 is 2.12 bits per heavy atom. The van der Waals surface area contributed by atoms with E-state index in [2.05, 4.69) is 13.0 Å². The Morgan fingerprint density at radius 1 is 1.50 bits per heavy atom. The third kappa shape index (κ3) is 3.52. The standard InChI is InChI=1S/C6H7.ClH.Zr/c1-6-4-2-3-5-6;;/h2-4H,1,5H2;1H;/q-1;;. The van der Waals surface area contributed by atoms with Crippen LogP contribution in [0.4, 0.5) is 0 Å². The minimum Gasteiger partial charge on any atom is -0.241 e. The van der Waals surface area contributed by atoms with Gasteiger partial charge in [-0.25, -0.2) is 18.6 Å². The summed E-state index contributed by atoms with van der Waals surface area (Å²) in [5, 5.41) is 0. The van der Waals surface area contributed by atoms with Crippen molar-refractivity contribution in [2.45, 2.75) is 6.42 Å². The smallest absolute Gasteiger partial charge is 0 e. The van der Waals surface area contributed by atoms with Crippen molar-refractivity contribution in [1.29, 1.82) is 0 Å². The van der Waals surface area contributed by atoms with Gasteiger partial charge in [-0.2, -0.15) is 0 Å².